The largest absolute Gasteiger partial charge is 0.512 e. The Bertz CT molecular complexity index is 452. The molecule has 0 radical (unpaired) electrons. The molecule has 0 amide bonds. The van der Waals surface area contributed by atoms with Gasteiger partial charge in [0.05, 0.1) is 5.41 Å². The van der Waals surface area contributed by atoms with Crippen LogP contribution in [0.3, 0.4) is 0 Å². The van der Waals surface area contributed by atoms with Crippen molar-refractivity contribution in [3.63, 3.8) is 0 Å². The van der Waals surface area contributed by atoms with Crippen molar-refractivity contribution in [2.24, 2.45) is 23.2 Å². The standard InChI is InChI=1S/C18H28O4/c1-13(2)5-4-8-21-12-16(11-19)22-17(20)18(3)10-14-6-7-15(18)9-14/h6-7,11,13-15,19H,4-5,8-10,12H2,1-3H3/b16-11-. The molecule has 22 heavy (non-hydrogen) atoms. The molecule has 2 aliphatic carbocycles. The molecule has 0 saturated heterocycles. The van der Waals surface area contributed by atoms with Gasteiger partial charge in [-0.3, -0.25) is 4.79 Å². The lowest BCUT2D eigenvalue weighted by molar-refractivity contribution is -0.153. The molecule has 124 valence electrons. The van der Waals surface area contributed by atoms with E-state index in [9.17, 15) is 9.90 Å². The number of aliphatic hydroxyl groups is 1. The fourth-order valence-electron chi connectivity index (χ4n) is 3.42. The molecule has 3 atom stereocenters. The van der Waals surface area contributed by atoms with E-state index >= 15 is 0 Å². The van der Waals surface area contributed by atoms with E-state index in [0.29, 0.717) is 18.4 Å². The van der Waals surface area contributed by atoms with Crippen LogP contribution >= 0.6 is 0 Å². The highest BCUT2D eigenvalue weighted by Crippen LogP contribution is 2.52. The second kappa shape index (κ2) is 7.32. The summed E-state index contributed by atoms with van der Waals surface area (Å²) in [6.45, 7) is 7.05. The van der Waals surface area contributed by atoms with E-state index in [1.54, 1.807) is 0 Å². The minimum absolute atomic E-state index is 0.139. The molecule has 0 spiro atoms. The number of carbonyl (C=O) groups is 1. The lowest BCUT2D eigenvalue weighted by Gasteiger charge is -2.28. The lowest BCUT2D eigenvalue weighted by atomic mass is 9.78. The van der Waals surface area contributed by atoms with Crippen molar-refractivity contribution in [1.82, 2.24) is 0 Å². The van der Waals surface area contributed by atoms with Crippen LogP contribution in [0.25, 0.3) is 0 Å². The first-order valence-electron chi connectivity index (χ1n) is 8.27. The maximum atomic E-state index is 12.4. The van der Waals surface area contributed by atoms with Gasteiger partial charge < -0.3 is 14.6 Å². The quantitative estimate of drug-likeness (QED) is 0.319. The summed E-state index contributed by atoms with van der Waals surface area (Å²) in [5.74, 6) is 1.35. The van der Waals surface area contributed by atoms with E-state index in [4.69, 9.17) is 9.47 Å². The van der Waals surface area contributed by atoms with E-state index in [0.717, 1.165) is 31.9 Å². The van der Waals surface area contributed by atoms with Crippen LogP contribution < -0.4 is 0 Å². The SMILES string of the molecule is CC(C)CCCOC/C(=C/O)OC(=O)C1(C)CC2C=CC1C2. The second-order valence-electron chi connectivity index (χ2n) is 7.18. The molecule has 0 aliphatic heterocycles. The summed E-state index contributed by atoms with van der Waals surface area (Å²) in [4.78, 5) is 12.4. The number of fused-ring (bicyclic) bond motifs is 2. The zero-order chi connectivity index (χ0) is 16.2. The van der Waals surface area contributed by atoms with Crippen molar-refractivity contribution in [3.05, 3.63) is 24.2 Å². The van der Waals surface area contributed by atoms with Crippen molar-refractivity contribution in [2.75, 3.05) is 13.2 Å². The van der Waals surface area contributed by atoms with E-state index in [1.807, 2.05) is 6.92 Å². The summed E-state index contributed by atoms with van der Waals surface area (Å²) in [7, 11) is 0. The van der Waals surface area contributed by atoms with E-state index < -0.39 is 5.41 Å². The topological polar surface area (TPSA) is 55.8 Å². The van der Waals surface area contributed by atoms with Crippen molar-refractivity contribution < 1.29 is 19.4 Å². The third kappa shape index (κ3) is 3.92. The van der Waals surface area contributed by atoms with E-state index in [-0.39, 0.29) is 24.3 Å². The maximum absolute atomic E-state index is 12.4. The highest BCUT2D eigenvalue weighted by atomic mass is 16.6. The van der Waals surface area contributed by atoms with Crippen LogP contribution in [0.15, 0.2) is 24.2 Å². The molecule has 1 fully saturated rings. The molecule has 2 aliphatic rings. The molecule has 2 rings (SSSR count). The normalized spacial score (nSPS) is 30.3. The summed E-state index contributed by atoms with van der Waals surface area (Å²) in [5, 5.41) is 9.25. The Kier molecular flexibility index (Phi) is 5.68. The zero-order valence-corrected chi connectivity index (χ0v) is 13.9. The predicted octanol–water partition coefficient (Wildman–Crippen LogP) is 3.98. The first-order valence-corrected chi connectivity index (χ1v) is 8.27. The molecule has 0 aromatic rings. The Hall–Kier alpha value is -1.29. The molecule has 4 heteroatoms. The Labute approximate surface area is 133 Å². The first kappa shape index (κ1) is 17.1. The predicted molar refractivity (Wildman–Crippen MR) is 85.2 cm³/mol. The van der Waals surface area contributed by atoms with Crippen LogP contribution in [0.1, 0.15) is 46.5 Å². The summed E-state index contributed by atoms with van der Waals surface area (Å²) >= 11 is 0. The number of rotatable bonds is 8. The van der Waals surface area contributed by atoms with Gasteiger partial charge in [0.25, 0.3) is 0 Å². The van der Waals surface area contributed by atoms with Gasteiger partial charge in [-0.2, -0.15) is 0 Å². The van der Waals surface area contributed by atoms with Crippen molar-refractivity contribution >= 4 is 5.97 Å². The Morgan fingerprint density at radius 3 is 2.77 bits per heavy atom. The molecule has 0 heterocycles. The zero-order valence-electron chi connectivity index (χ0n) is 13.9. The maximum Gasteiger partial charge on any atom is 0.317 e. The Morgan fingerprint density at radius 2 is 2.23 bits per heavy atom. The lowest BCUT2D eigenvalue weighted by Crippen LogP contribution is -2.34. The molecule has 3 unspecified atom stereocenters. The molecule has 1 saturated carbocycles. The van der Waals surface area contributed by atoms with Gasteiger partial charge in [0, 0.05) is 6.61 Å². The third-order valence-electron chi connectivity index (χ3n) is 4.83. The number of ether oxygens (including phenoxy) is 2. The van der Waals surface area contributed by atoms with Crippen LogP contribution in [0, 0.1) is 23.2 Å². The Morgan fingerprint density at radius 1 is 1.45 bits per heavy atom. The van der Waals surface area contributed by atoms with Gasteiger partial charge in [-0.05, 0) is 50.4 Å². The van der Waals surface area contributed by atoms with Crippen LogP contribution in [0.2, 0.25) is 0 Å². The third-order valence-corrected chi connectivity index (χ3v) is 4.83. The van der Waals surface area contributed by atoms with Crippen LogP contribution in [0.5, 0.6) is 0 Å². The average Bonchev–Trinajstić information content (AvgIpc) is 3.05. The number of hydrogen-bond donors (Lipinski definition) is 1. The fourth-order valence-corrected chi connectivity index (χ4v) is 3.42. The first-order chi connectivity index (χ1) is 10.5. The number of carbonyl (C=O) groups excluding carboxylic acids is 1. The highest BCUT2D eigenvalue weighted by Gasteiger charge is 2.51. The van der Waals surface area contributed by atoms with Crippen molar-refractivity contribution in [1.29, 1.82) is 0 Å². The minimum atomic E-state index is -0.467. The monoisotopic (exact) mass is 308 g/mol. The summed E-state index contributed by atoms with van der Waals surface area (Å²) < 4.78 is 10.9. The molecule has 1 N–H and O–H groups in total. The van der Waals surface area contributed by atoms with Gasteiger partial charge in [0.2, 0.25) is 0 Å². The number of esters is 1. The highest BCUT2D eigenvalue weighted by molar-refractivity contribution is 5.79. The van der Waals surface area contributed by atoms with Gasteiger partial charge in [-0.15, -0.1) is 0 Å². The Balaban J connectivity index is 1.76. The summed E-state index contributed by atoms with van der Waals surface area (Å²) in [5.41, 5.74) is -0.467. The van der Waals surface area contributed by atoms with Gasteiger partial charge in [-0.25, -0.2) is 0 Å². The smallest absolute Gasteiger partial charge is 0.317 e. The van der Waals surface area contributed by atoms with Gasteiger partial charge in [0.15, 0.2) is 5.76 Å². The average molecular weight is 308 g/mol. The number of aliphatic hydroxyl groups excluding tert-OH is 1. The molecule has 0 aromatic heterocycles. The molecular formula is C18H28O4. The number of allylic oxidation sites excluding steroid dienone is 2. The van der Waals surface area contributed by atoms with Crippen LogP contribution in [-0.4, -0.2) is 24.3 Å². The van der Waals surface area contributed by atoms with Crippen LogP contribution in [0.4, 0.5) is 0 Å². The fraction of sp³-hybridized carbons (Fsp3) is 0.722. The molecule has 4 nitrogen and oxygen atoms in total. The van der Waals surface area contributed by atoms with Crippen molar-refractivity contribution in [2.45, 2.75) is 46.5 Å². The number of hydrogen-bond acceptors (Lipinski definition) is 4. The second-order valence-corrected chi connectivity index (χ2v) is 7.18. The summed E-state index contributed by atoms with van der Waals surface area (Å²) in [6.07, 6.45) is 9.10. The van der Waals surface area contributed by atoms with Crippen molar-refractivity contribution in [3.8, 4) is 0 Å². The van der Waals surface area contributed by atoms with E-state index in [2.05, 4.69) is 26.0 Å². The van der Waals surface area contributed by atoms with Gasteiger partial charge in [0.1, 0.15) is 12.9 Å². The molecular weight excluding hydrogens is 280 g/mol. The summed E-state index contributed by atoms with van der Waals surface area (Å²) in [6, 6.07) is 0. The molecule has 2 bridgehead atoms. The van der Waals surface area contributed by atoms with Gasteiger partial charge in [-0.1, -0.05) is 26.0 Å². The van der Waals surface area contributed by atoms with Gasteiger partial charge >= 0.3 is 5.97 Å². The van der Waals surface area contributed by atoms with Crippen LogP contribution in [-0.2, 0) is 14.3 Å². The van der Waals surface area contributed by atoms with E-state index in [1.165, 1.54) is 0 Å². The molecule has 0 aromatic carbocycles. The minimum Gasteiger partial charge on any atom is -0.512 e.